The first kappa shape index (κ1) is 16.7. The largest absolute Gasteiger partial charge is 0.481 e. The number of aromatic nitrogens is 1. The van der Waals surface area contributed by atoms with Gasteiger partial charge in [-0.3, -0.25) is 9.78 Å². The van der Waals surface area contributed by atoms with Gasteiger partial charge in [-0.1, -0.05) is 18.2 Å². The van der Waals surface area contributed by atoms with E-state index in [0.717, 1.165) is 5.56 Å². The fourth-order valence-corrected chi connectivity index (χ4v) is 1.45. The molecule has 2 N–H and O–H groups in total. The minimum absolute atomic E-state index is 0.0931. The second kappa shape index (κ2) is 7.42. The van der Waals surface area contributed by atoms with Gasteiger partial charge in [-0.15, -0.1) is 0 Å². The highest BCUT2D eigenvalue weighted by molar-refractivity contribution is 5.69. The molecule has 1 aromatic heterocycles. The predicted octanol–water partition coefficient (Wildman–Crippen LogP) is 2.25. The second-order valence-corrected chi connectivity index (χ2v) is 5.44. The SMILES string of the molecule is CC(C)(C)OC(=O)NCC=Cc1ccc(CC(=O)O)nc1. The molecule has 6 heteroatoms. The first-order chi connectivity index (χ1) is 9.76. The van der Waals surface area contributed by atoms with Gasteiger partial charge in [0.1, 0.15) is 5.60 Å². The molecule has 0 saturated heterocycles. The Bertz CT molecular complexity index is 515. The summed E-state index contributed by atoms with van der Waals surface area (Å²) in [6.45, 7) is 5.73. The van der Waals surface area contributed by atoms with Gasteiger partial charge in [0.2, 0.25) is 0 Å². The van der Waals surface area contributed by atoms with Gasteiger partial charge in [-0.05, 0) is 32.4 Å². The number of amides is 1. The maximum atomic E-state index is 11.4. The molecule has 1 amide bonds. The average Bonchev–Trinajstić information content (AvgIpc) is 2.34. The Morgan fingerprint density at radius 2 is 2.10 bits per heavy atom. The van der Waals surface area contributed by atoms with Crippen LogP contribution in [0.1, 0.15) is 32.0 Å². The molecule has 0 saturated carbocycles. The third-order valence-electron chi connectivity index (χ3n) is 2.25. The van der Waals surface area contributed by atoms with Crippen LogP contribution in [0.15, 0.2) is 24.4 Å². The molecule has 0 atom stereocenters. The topological polar surface area (TPSA) is 88.5 Å². The summed E-state index contributed by atoms with van der Waals surface area (Å²) in [5.74, 6) is -0.910. The van der Waals surface area contributed by atoms with Crippen molar-refractivity contribution in [1.29, 1.82) is 0 Å². The molecule has 0 aliphatic rings. The van der Waals surface area contributed by atoms with E-state index in [1.54, 1.807) is 51.3 Å². The van der Waals surface area contributed by atoms with E-state index in [0.29, 0.717) is 12.2 Å². The standard InChI is InChI=1S/C15H20N2O4/c1-15(2,3)21-14(20)16-8-4-5-11-6-7-12(17-10-11)9-13(18)19/h4-7,10H,8-9H2,1-3H3,(H,16,20)(H,18,19). The van der Waals surface area contributed by atoms with Gasteiger partial charge in [0, 0.05) is 12.7 Å². The van der Waals surface area contributed by atoms with Crippen molar-refractivity contribution in [2.75, 3.05) is 6.54 Å². The summed E-state index contributed by atoms with van der Waals surface area (Å²) < 4.78 is 5.09. The summed E-state index contributed by atoms with van der Waals surface area (Å²) in [4.78, 5) is 25.9. The zero-order chi connectivity index (χ0) is 15.9. The molecular weight excluding hydrogens is 272 g/mol. The van der Waals surface area contributed by atoms with Crippen molar-refractivity contribution in [1.82, 2.24) is 10.3 Å². The number of carbonyl (C=O) groups excluding carboxylic acids is 1. The van der Waals surface area contributed by atoms with E-state index in [2.05, 4.69) is 10.3 Å². The number of carboxylic acids is 1. The van der Waals surface area contributed by atoms with E-state index in [1.807, 2.05) is 0 Å². The van der Waals surface area contributed by atoms with Crippen LogP contribution < -0.4 is 5.32 Å². The van der Waals surface area contributed by atoms with Crippen molar-refractivity contribution in [2.24, 2.45) is 0 Å². The molecular formula is C15H20N2O4. The summed E-state index contributed by atoms with van der Waals surface area (Å²) in [6, 6.07) is 3.43. The van der Waals surface area contributed by atoms with Crippen molar-refractivity contribution >= 4 is 18.1 Å². The predicted molar refractivity (Wildman–Crippen MR) is 78.8 cm³/mol. The van der Waals surface area contributed by atoms with E-state index >= 15 is 0 Å². The lowest BCUT2D eigenvalue weighted by molar-refractivity contribution is -0.136. The van der Waals surface area contributed by atoms with Crippen LogP contribution in [0.5, 0.6) is 0 Å². The molecule has 114 valence electrons. The molecule has 0 aliphatic carbocycles. The smallest absolute Gasteiger partial charge is 0.407 e. The summed E-state index contributed by atoms with van der Waals surface area (Å²) >= 11 is 0. The first-order valence-electron chi connectivity index (χ1n) is 6.56. The molecule has 0 bridgehead atoms. The van der Waals surface area contributed by atoms with Crippen LogP contribution in [0.3, 0.4) is 0 Å². The lowest BCUT2D eigenvalue weighted by Crippen LogP contribution is -2.32. The number of ether oxygens (including phenoxy) is 1. The number of hydrogen-bond donors (Lipinski definition) is 2. The van der Waals surface area contributed by atoms with Gasteiger partial charge in [-0.2, -0.15) is 0 Å². The van der Waals surface area contributed by atoms with Crippen molar-refractivity contribution in [2.45, 2.75) is 32.8 Å². The minimum atomic E-state index is -0.910. The summed E-state index contributed by atoms with van der Waals surface area (Å²) in [5, 5.41) is 11.2. The van der Waals surface area contributed by atoms with Crippen LogP contribution in [0.4, 0.5) is 4.79 Å². The highest BCUT2D eigenvalue weighted by Gasteiger charge is 2.14. The van der Waals surface area contributed by atoms with Crippen LogP contribution in [0, 0.1) is 0 Å². The fourth-order valence-electron chi connectivity index (χ4n) is 1.45. The molecule has 1 heterocycles. The Morgan fingerprint density at radius 3 is 2.62 bits per heavy atom. The second-order valence-electron chi connectivity index (χ2n) is 5.44. The van der Waals surface area contributed by atoms with E-state index in [9.17, 15) is 9.59 Å². The Hall–Kier alpha value is -2.37. The van der Waals surface area contributed by atoms with Gasteiger partial charge in [0.25, 0.3) is 0 Å². The number of hydrogen-bond acceptors (Lipinski definition) is 4. The quantitative estimate of drug-likeness (QED) is 0.869. The third-order valence-corrected chi connectivity index (χ3v) is 2.25. The van der Waals surface area contributed by atoms with Crippen LogP contribution in [0.2, 0.25) is 0 Å². The number of nitrogens with one attached hydrogen (secondary N) is 1. The first-order valence-corrected chi connectivity index (χ1v) is 6.56. The van der Waals surface area contributed by atoms with Gasteiger partial charge >= 0.3 is 12.1 Å². The molecule has 1 rings (SSSR count). The van der Waals surface area contributed by atoms with Crippen molar-refractivity contribution in [3.63, 3.8) is 0 Å². The lowest BCUT2D eigenvalue weighted by atomic mass is 10.2. The normalized spacial score (nSPS) is 11.4. The van der Waals surface area contributed by atoms with Crippen LogP contribution in [0.25, 0.3) is 6.08 Å². The van der Waals surface area contributed by atoms with Crippen LogP contribution >= 0.6 is 0 Å². The van der Waals surface area contributed by atoms with Gasteiger partial charge in [0.15, 0.2) is 0 Å². The van der Waals surface area contributed by atoms with Crippen LogP contribution in [-0.2, 0) is 16.0 Å². The molecule has 0 radical (unpaired) electrons. The molecule has 0 aromatic carbocycles. The van der Waals surface area contributed by atoms with Crippen molar-refractivity contribution in [3.05, 3.63) is 35.7 Å². The molecule has 0 fully saturated rings. The Labute approximate surface area is 123 Å². The number of carbonyl (C=O) groups is 2. The molecule has 0 spiro atoms. The monoisotopic (exact) mass is 292 g/mol. The number of rotatable bonds is 5. The lowest BCUT2D eigenvalue weighted by Gasteiger charge is -2.19. The van der Waals surface area contributed by atoms with Crippen molar-refractivity contribution in [3.8, 4) is 0 Å². The Kier molecular flexibility index (Phi) is 5.90. The number of pyridine rings is 1. The Morgan fingerprint density at radius 1 is 1.38 bits per heavy atom. The maximum Gasteiger partial charge on any atom is 0.407 e. The average molecular weight is 292 g/mol. The van der Waals surface area contributed by atoms with E-state index in [-0.39, 0.29) is 6.42 Å². The fraction of sp³-hybridized carbons (Fsp3) is 0.400. The molecule has 6 nitrogen and oxygen atoms in total. The number of carboxylic acid groups (broad SMARTS) is 1. The zero-order valence-electron chi connectivity index (χ0n) is 12.4. The van der Waals surface area contributed by atoms with Gasteiger partial charge < -0.3 is 15.2 Å². The van der Waals surface area contributed by atoms with E-state index < -0.39 is 17.7 Å². The summed E-state index contributed by atoms with van der Waals surface area (Å²) in [6.07, 6.45) is 4.57. The third kappa shape index (κ3) is 7.71. The maximum absolute atomic E-state index is 11.4. The molecule has 0 aliphatic heterocycles. The summed E-state index contributed by atoms with van der Waals surface area (Å²) in [7, 11) is 0. The number of alkyl carbamates (subject to hydrolysis) is 1. The zero-order valence-corrected chi connectivity index (χ0v) is 12.4. The Balaban J connectivity index is 2.40. The van der Waals surface area contributed by atoms with Gasteiger partial charge in [-0.25, -0.2) is 4.79 Å². The van der Waals surface area contributed by atoms with Gasteiger partial charge in [0.05, 0.1) is 12.1 Å². The highest BCUT2D eigenvalue weighted by atomic mass is 16.6. The van der Waals surface area contributed by atoms with Crippen LogP contribution in [-0.4, -0.2) is 34.3 Å². The highest BCUT2D eigenvalue weighted by Crippen LogP contribution is 2.06. The molecule has 21 heavy (non-hydrogen) atoms. The number of nitrogens with zero attached hydrogens (tertiary/aromatic N) is 1. The summed E-state index contributed by atoms with van der Waals surface area (Å²) in [5.41, 5.74) is 0.819. The minimum Gasteiger partial charge on any atom is -0.481 e. The van der Waals surface area contributed by atoms with E-state index in [1.165, 1.54) is 0 Å². The van der Waals surface area contributed by atoms with E-state index in [4.69, 9.17) is 9.84 Å². The number of aliphatic carboxylic acids is 1. The molecule has 0 unspecified atom stereocenters. The molecule has 1 aromatic rings. The van der Waals surface area contributed by atoms with Crippen molar-refractivity contribution < 1.29 is 19.4 Å².